The second-order valence-corrected chi connectivity index (χ2v) is 4.08. The first-order chi connectivity index (χ1) is 7.25. The summed E-state index contributed by atoms with van der Waals surface area (Å²) in [5.41, 5.74) is 8.62. The van der Waals surface area contributed by atoms with Crippen LogP contribution in [-0.2, 0) is 0 Å². The molecule has 1 fully saturated rings. The van der Waals surface area contributed by atoms with Gasteiger partial charge in [0.05, 0.1) is 17.6 Å². The van der Waals surface area contributed by atoms with Crippen LogP contribution < -0.4 is 16.4 Å². The van der Waals surface area contributed by atoms with Crippen LogP contribution in [-0.4, -0.2) is 24.1 Å². The van der Waals surface area contributed by atoms with E-state index in [4.69, 9.17) is 5.73 Å². The Bertz CT molecular complexity index is 331. The van der Waals surface area contributed by atoms with E-state index in [-0.39, 0.29) is 0 Å². The largest absolute Gasteiger partial charge is 0.396 e. The molecule has 1 aromatic heterocycles. The molecule has 0 saturated carbocycles. The molecular formula is C11H18N4. The highest BCUT2D eigenvalue weighted by molar-refractivity contribution is 5.65. The van der Waals surface area contributed by atoms with Crippen LogP contribution in [0.1, 0.15) is 18.5 Å². The predicted molar refractivity (Wildman–Crippen MR) is 62.9 cm³/mol. The maximum absolute atomic E-state index is 5.87. The first kappa shape index (κ1) is 10.2. The highest BCUT2D eigenvalue weighted by Gasteiger charge is 2.13. The van der Waals surface area contributed by atoms with Gasteiger partial charge in [-0.2, -0.15) is 0 Å². The minimum Gasteiger partial charge on any atom is -0.396 e. The van der Waals surface area contributed by atoms with Gasteiger partial charge in [-0.05, 0) is 38.9 Å². The molecule has 1 aromatic rings. The zero-order valence-corrected chi connectivity index (χ0v) is 9.09. The second-order valence-electron chi connectivity index (χ2n) is 4.08. The van der Waals surface area contributed by atoms with Gasteiger partial charge in [-0.15, -0.1) is 0 Å². The molecule has 82 valence electrons. The molecule has 0 unspecified atom stereocenters. The lowest BCUT2D eigenvalue weighted by atomic mass is 10.1. The topological polar surface area (TPSA) is 63.0 Å². The van der Waals surface area contributed by atoms with E-state index in [1.54, 1.807) is 6.20 Å². The number of nitrogen functional groups attached to an aromatic ring is 1. The molecule has 1 aliphatic rings. The fourth-order valence-electron chi connectivity index (χ4n) is 1.88. The summed E-state index contributed by atoms with van der Waals surface area (Å²) in [6.45, 7) is 4.15. The fourth-order valence-corrected chi connectivity index (χ4v) is 1.88. The van der Waals surface area contributed by atoms with Gasteiger partial charge < -0.3 is 16.4 Å². The van der Waals surface area contributed by atoms with Crippen LogP contribution in [0.25, 0.3) is 0 Å². The number of nitrogens with zero attached hydrogens (tertiary/aromatic N) is 1. The molecule has 1 saturated heterocycles. The Morgan fingerprint density at radius 1 is 1.47 bits per heavy atom. The minimum absolute atomic E-state index is 0.537. The van der Waals surface area contributed by atoms with Crippen molar-refractivity contribution in [1.82, 2.24) is 10.3 Å². The van der Waals surface area contributed by atoms with Crippen molar-refractivity contribution in [3.63, 3.8) is 0 Å². The van der Waals surface area contributed by atoms with Crippen molar-refractivity contribution in [3.05, 3.63) is 18.0 Å². The summed E-state index contributed by atoms with van der Waals surface area (Å²) in [4.78, 5) is 4.16. The molecule has 0 radical (unpaired) electrons. The first-order valence-corrected chi connectivity index (χ1v) is 5.45. The third kappa shape index (κ3) is 2.59. The Labute approximate surface area is 90.3 Å². The second kappa shape index (κ2) is 4.49. The number of nitrogens with one attached hydrogen (secondary N) is 2. The van der Waals surface area contributed by atoms with Gasteiger partial charge >= 0.3 is 0 Å². The number of pyridine rings is 1. The van der Waals surface area contributed by atoms with Crippen LogP contribution in [0.15, 0.2) is 12.3 Å². The highest BCUT2D eigenvalue weighted by Crippen LogP contribution is 2.20. The summed E-state index contributed by atoms with van der Waals surface area (Å²) in [5.74, 6) is 0. The molecule has 0 amide bonds. The Hall–Kier alpha value is -1.29. The van der Waals surface area contributed by atoms with Gasteiger partial charge in [0.2, 0.25) is 0 Å². The normalized spacial score (nSPS) is 17.7. The molecule has 0 atom stereocenters. The Kier molecular flexibility index (Phi) is 3.06. The van der Waals surface area contributed by atoms with E-state index >= 15 is 0 Å². The number of hydrogen-bond acceptors (Lipinski definition) is 4. The monoisotopic (exact) mass is 206 g/mol. The molecule has 0 spiro atoms. The van der Waals surface area contributed by atoms with Gasteiger partial charge in [0.1, 0.15) is 0 Å². The first-order valence-electron chi connectivity index (χ1n) is 5.45. The fraction of sp³-hybridized carbons (Fsp3) is 0.545. The van der Waals surface area contributed by atoms with Gasteiger partial charge in [0, 0.05) is 11.7 Å². The standard InChI is InChI=1S/C11H18N4/c1-8-6-11(10(12)7-14-8)15-9-2-4-13-5-3-9/h6-7,9,13H,2-5,12H2,1H3,(H,14,15). The minimum atomic E-state index is 0.537. The summed E-state index contributed by atoms with van der Waals surface area (Å²) in [5, 5.41) is 6.83. The smallest absolute Gasteiger partial charge is 0.0736 e. The van der Waals surface area contributed by atoms with Gasteiger partial charge in [-0.25, -0.2) is 0 Å². The quantitative estimate of drug-likeness (QED) is 0.679. The summed E-state index contributed by atoms with van der Waals surface area (Å²) in [6, 6.07) is 2.55. The summed E-state index contributed by atoms with van der Waals surface area (Å²) in [7, 11) is 0. The summed E-state index contributed by atoms with van der Waals surface area (Å²) >= 11 is 0. The molecule has 0 aromatic carbocycles. The van der Waals surface area contributed by atoms with E-state index in [2.05, 4.69) is 15.6 Å². The molecular weight excluding hydrogens is 188 g/mol. The Morgan fingerprint density at radius 2 is 2.20 bits per heavy atom. The van der Waals surface area contributed by atoms with Crippen LogP contribution in [0.3, 0.4) is 0 Å². The number of hydrogen-bond donors (Lipinski definition) is 3. The maximum Gasteiger partial charge on any atom is 0.0736 e. The lowest BCUT2D eigenvalue weighted by Crippen LogP contribution is -2.35. The maximum atomic E-state index is 5.87. The lowest BCUT2D eigenvalue weighted by molar-refractivity contribution is 0.479. The van der Waals surface area contributed by atoms with Crippen LogP contribution in [0, 0.1) is 6.92 Å². The molecule has 4 heteroatoms. The Balaban J connectivity index is 2.05. The van der Waals surface area contributed by atoms with E-state index in [1.165, 1.54) is 0 Å². The van der Waals surface area contributed by atoms with Crippen molar-refractivity contribution < 1.29 is 0 Å². The molecule has 15 heavy (non-hydrogen) atoms. The van der Waals surface area contributed by atoms with Gasteiger partial charge in [0.25, 0.3) is 0 Å². The lowest BCUT2D eigenvalue weighted by Gasteiger charge is -2.25. The van der Waals surface area contributed by atoms with Crippen molar-refractivity contribution in [2.45, 2.75) is 25.8 Å². The molecule has 2 heterocycles. The van der Waals surface area contributed by atoms with Crippen LogP contribution in [0.5, 0.6) is 0 Å². The van der Waals surface area contributed by atoms with Crippen molar-refractivity contribution in [1.29, 1.82) is 0 Å². The van der Waals surface area contributed by atoms with E-state index in [0.717, 1.165) is 43.0 Å². The van der Waals surface area contributed by atoms with Crippen molar-refractivity contribution in [2.24, 2.45) is 0 Å². The third-order valence-electron chi connectivity index (χ3n) is 2.77. The van der Waals surface area contributed by atoms with Gasteiger partial charge in [-0.1, -0.05) is 0 Å². The number of anilines is 2. The Morgan fingerprint density at radius 3 is 2.93 bits per heavy atom. The zero-order valence-electron chi connectivity index (χ0n) is 9.09. The average Bonchev–Trinajstić information content (AvgIpc) is 2.25. The number of piperidine rings is 1. The van der Waals surface area contributed by atoms with Crippen LogP contribution >= 0.6 is 0 Å². The van der Waals surface area contributed by atoms with E-state index < -0.39 is 0 Å². The van der Waals surface area contributed by atoms with Crippen molar-refractivity contribution in [2.75, 3.05) is 24.1 Å². The summed E-state index contributed by atoms with van der Waals surface area (Å²) in [6.07, 6.45) is 4.03. The third-order valence-corrected chi connectivity index (χ3v) is 2.77. The predicted octanol–water partition coefficient (Wildman–Crippen LogP) is 1.14. The molecule has 0 bridgehead atoms. The van der Waals surface area contributed by atoms with Crippen molar-refractivity contribution >= 4 is 11.4 Å². The van der Waals surface area contributed by atoms with Gasteiger partial charge in [-0.3, -0.25) is 4.98 Å². The molecule has 2 rings (SSSR count). The summed E-state index contributed by atoms with van der Waals surface area (Å²) < 4.78 is 0. The van der Waals surface area contributed by atoms with Crippen molar-refractivity contribution in [3.8, 4) is 0 Å². The molecule has 0 aliphatic carbocycles. The highest BCUT2D eigenvalue weighted by atomic mass is 15.0. The number of rotatable bonds is 2. The average molecular weight is 206 g/mol. The number of aryl methyl sites for hydroxylation is 1. The van der Waals surface area contributed by atoms with E-state index in [1.807, 2.05) is 13.0 Å². The van der Waals surface area contributed by atoms with Crippen LogP contribution in [0.2, 0.25) is 0 Å². The zero-order chi connectivity index (χ0) is 10.7. The number of aromatic nitrogens is 1. The number of nitrogens with two attached hydrogens (primary N) is 1. The van der Waals surface area contributed by atoms with Crippen LogP contribution in [0.4, 0.5) is 11.4 Å². The molecule has 1 aliphatic heterocycles. The van der Waals surface area contributed by atoms with E-state index in [9.17, 15) is 0 Å². The SMILES string of the molecule is Cc1cc(NC2CCNCC2)c(N)cn1. The van der Waals surface area contributed by atoms with Gasteiger partial charge in [0.15, 0.2) is 0 Å². The molecule has 4 N–H and O–H groups in total. The molecule has 4 nitrogen and oxygen atoms in total. The van der Waals surface area contributed by atoms with E-state index in [0.29, 0.717) is 6.04 Å².